The van der Waals surface area contributed by atoms with Gasteiger partial charge in [0.1, 0.15) is 15.2 Å². The zero-order valence-electron chi connectivity index (χ0n) is 7.62. The van der Waals surface area contributed by atoms with Crippen molar-refractivity contribution in [3.63, 3.8) is 0 Å². The van der Waals surface area contributed by atoms with Crippen LogP contribution in [0, 0.1) is 5.82 Å². The quantitative estimate of drug-likeness (QED) is 0.713. The van der Waals surface area contributed by atoms with Gasteiger partial charge < -0.3 is 10.2 Å². The molecule has 0 spiro atoms. The summed E-state index contributed by atoms with van der Waals surface area (Å²) in [4.78, 5) is 0. The highest BCUT2D eigenvalue weighted by Crippen LogP contribution is 2.51. The molecular formula is C10H9Br2FO2. The number of alkyl halides is 2. The van der Waals surface area contributed by atoms with Crippen molar-refractivity contribution in [3.8, 4) is 0 Å². The molecule has 0 aromatic heterocycles. The van der Waals surface area contributed by atoms with Crippen LogP contribution in [-0.4, -0.2) is 13.4 Å². The Morgan fingerprint density at radius 3 is 2.67 bits per heavy atom. The van der Waals surface area contributed by atoms with E-state index >= 15 is 0 Å². The van der Waals surface area contributed by atoms with E-state index in [4.69, 9.17) is 0 Å². The first kappa shape index (κ1) is 11.5. The highest BCUT2D eigenvalue weighted by atomic mass is 79.9. The van der Waals surface area contributed by atoms with E-state index < -0.39 is 21.3 Å². The first-order valence-corrected chi connectivity index (χ1v) is 6.04. The van der Waals surface area contributed by atoms with Crippen molar-refractivity contribution in [1.82, 2.24) is 0 Å². The molecule has 1 aliphatic rings. The topological polar surface area (TPSA) is 40.5 Å². The van der Waals surface area contributed by atoms with E-state index in [0.717, 1.165) is 0 Å². The average molecular weight is 340 g/mol. The van der Waals surface area contributed by atoms with Crippen molar-refractivity contribution in [2.24, 2.45) is 0 Å². The summed E-state index contributed by atoms with van der Waals surface area (Å²) in [5, 5.41) is 19.7. The van der Waals surface area contributed by atoms with Gasteiger partial charge in [0.2, 0.25) is 0 Å². The van der Waals surface area contributed by atoms with E-state index in [2.05, 4.69) is 31.9 Å². The van der Waals surface area contributed by atoms with Crippen LogP contribution >= 0.6 is 31.9 Å². The molecule has 2 unspecified atom stereocenters. The maximum Gasteiger partial charge on any atom is 0.129 e. The van der Waals surface area contributed by atoms with Crippen LogP contribution < -0.4 is 0 Å². The zero-order chi connectivity index (χ0) is 11.2. The Hall–Kier alpha value is 0.0300. The second kappa shape index (κ2) is 3.80. The predicted octanol–water partition coefficient (Wildman–Crippen LogP) is 2.78. The Morgan fingerprint density at radius 1 is 1.33 bits per heavy atom. The number of hydrogen-bond acceptors (Lipinski definition) is 2. The molecule has 82 valence electrons. The van der Waals surface area contributed by atoms with Gasteiger partial charge in [-0.05, 0) is 11.6 Å². The first-order valence-electron chi connectivity index (χ1n) is 4.46. The number of rotatable bonds is 0. The van der Waals surface area contributed by atoms with Crippen LogP contribution in [0.4, 0.5) is 4.39 Å². The monoisotopic (exact) mass is 338 g/mol. The summed E-state index contributed by atoms with van der Waals surface area (Å²) < 4.78 is 12.7. The van der Waals surface area contributed by atoms with Gasteiger partial charge >= 0.3 is 0 Å². The molecule has 2 atom stereocenters. The third kappa shape index (κ3) is 1.86. The lowest BCUT2D eigenvalue weighted by atomic mass is 9.87. The molecule has 0 saturated carbocycles. The van der Waals surface area contributed by atoms with Crippen molar-refractivity contribution < 1.29 is 14.6 Å². The molecule has 0 radical (unpaired) electrons. The van der Waals surface area contributed by atoms with E-state index in [-0.39, 0.29) is 12.0 Å². The number of hydrogen-bond donors (Lipinski definition) is 2. The summed E-state index contributed by atoms with van der Waals surface area (Å²) in [7, 11) is 0. The van der Waals surface area contributed by atoms with Gasteiger partial charge in [0.05, 0.1) is 6.10 Å². The molecular weight excluding hydrogens is 331 g/mol. The SMILES string of the molecule is OC1CC(Br)(Br)C(O)c2c(F)cccc21. The lowest BCUT2D eigenvalue weighted by Crippen LogP contribution is -2.32. The maximum absolute atomic E-state index is 13.5. The lowest BCUT2D eigenvalue weighted by molar-refractivity contribution is 0.0879. The maximum atomic E-state index is 13.5. The minimum absolute atomic E-state index is 0.157. The van der Waals surface area contributed by atoms with Gasteiger partial charge in [0.25, 0.3) is 0 Å². The van der Waals surface area contributed by atoms with Gasteiger partial charge in [-0.3, -0.25) is 0 Å². The Labute approximate surface area is 103 Å². The van der Waals surface area contributed by atoms with Crippen molar-refractivity contribution in [2.75, 3.05) is 0 Å². The number of aliphatic hydroxyl groups excluding tert-OH is 2. The molecule has 0 heterocycles. The van der Waals surface area contributed by atoms with E-state index in [1.807, 2.05) is 0 Å². The Balaban J connectivity index is 2.60. The fourth-order valence-corrected chi connectivity index (χ4v) is 2.89. The molecule has 2 N–H and O–H groups in total. The van der Waals surface area contributed by atoms with Crippen LogP contribution in [0.5, 0.6) is 0 Å². The summed E-state index contributed by atoms with van der Waals surface area (Å²) in [6, 6.07) is 4.43. The fraction of sp³-hybridized carbons (Fsp3) is 0.400. The first-order chi connectivity index (χ1) is 6.93. The predicted molar refractivity (Wildman–Crippen MR) is 61.5 cm³/mol. The van der Waals surface area contributed by atoms with Crippen molar-refractivity contribution >= 4 is 31.9 Å². The second-order valence-electron chi connectivity index (χ2n) is 3.63. The van der Waals surface area contributed by atoms with Gasteiger partial charge in [-0.15, -0.1) is 0 Å². The van der Waals surface area contributed by atoms with Gasteiger partial charge in [0.15, 0.2) is 0 Å². The van der Waals surface area contributed by atoms with Crippen molar-refractivity contribution in [3.05, 3.63) is 35.1 Å². The van der Waals surface area contributed by atoms with Gasteiger partial charge in [-0.2, -0.15) is 0 Å². The van der Waals surface area contributed by atoms with Crippen molar-refractivity contribution in [2.45, 2.75) is 21.9 Å². The largest absolute Gasteiger partial charge is 0.388 e. The molecule has 0 saturated heterocycles. The van der Waals surface area contributed by atoms with Gasteiger partial charge in [0, 0.05) is 12.0 Å². The minimum atomic E-state index is -1.02. The Morgan fingerprint density at radius 2 is 2.00 bits per heavy atom. The van der Waals surface area contributed by atoms with Crippen LogP contribution in [0.1, 0.15) is 29.8 Å². The van der Waals surface area contributed by atoms with Gasteiger partial charge in [-0.1, -0.05) is 44.0 Å². The zero-order valence-corrected chi connectivity index (χ0v) is 10.8. The normalized spacial score (nSPS) is 28.6. The number of benzene rings is 1. The van der Waals surface area contributed by atoms with Crippen LogP contribution in [0.3, 0.4) is 0 Å². The van der Waals surface area contributed by atoms with Crippen LogP contribution in [0.25, 0.3) is 0 Å². The molecule has 2 nitrogen and oxygen atoms in total. The summed E-state index contributed by atoms with van der Waals surface area (Å²) in [6.45, 7) is 0. The summed E-state index contributed by atoms with van der Waals surface area (Å²) in [5.74, 6) is -0.498. The molecule has 0 bridgehead atoms. The van der Waals surface area contributed by atoms with E-state index in [0.29, 0.717) is 5.56 Å². The average Bonchev–Trinajstić information content (AvgIpc) is 2.14. The number of fused-ring (bicyclic) bond motifs is 1. The molecule has 0 amide bonds. The molecule has 1 aromatic carbocycles. The Bertz CT molecular complexity index is 395. The lowest BCUT2D eigenvalue weighted by Gasteiger charge is -2.36. The smallest absolute Gasteiger partial charge is 0.129 e. The third-order valence-electron chi connectivity index (χ3n) is 2.58. The molecule has 0 aliphatic heterocycles. The molecule has 5 heteroatoms. The third-order valence-corrected chi connectivity index (χ3v) is 4.10. The van der Waals surface area contributed by atoms with Crippen LogP contribution in [-0.2, 0) is 0 Å². The van der Waals surface area contributed by atoms with Crippen molar-refractivity contribution in [1.29, 1.82) is 0 Å². The summed E-state index contributed by atoms with van der Waals surface area (Å²) in [6.07, 6.45) is -1.51. The molecule has 0 fully saturated rings. The van der Waals surface area contributed by atoms with E-state index in [9.17, 15) is 14.6 Å². The molecule has 1 aliphatic carbocycles. The highest BCUT2D eigenvalue weighted by molar-refractivity contribution is 9.25. The summed E-state index contributed by atoms with van der Waals surface area (Å²) in [5.41, 5.74) is 0.613. The number of aliphatic hydroxyl groups is 2. The van der Waals surface area contributed by atoms with E-state index in [1.165, 1.54) is 12.1 Å². The summed E-state index contributed by atoms with van der Waals surface area (Å²) >= 11 is 6.48. The standard InChI is InChI=1S/C10H9Br2FO2/c11-10(12)4-7(14)5-2-1-3-6(13)8(5)9(10)15/h1-3,7,9,14-15H,4H2. The molecule has 15 heavy (non-hydrogen) atoms. The molecule has 2 rings (SSSR count). The fourth-order valence-electron chi connectivity index (χ4n) is 1.82. The number of halogens is 3. The minimum Gasteiger partial charge on any atom is -0.388 e. The van der Waals surface area contributed by atoms with Crippen LogP contribution in [0.15, 0.2) is 18.2 Å². The van der Waals surface area contributed by atoms with Crippen LogP contribution in [0.2, 0.25) is 0 Å². The second-order valence-corrected chi connectivity index (χ2v) is 7.52. The Kier molecular flexibility index (Phi) is 2.92. The van der Waals surface area contributed by atoms with E-state index in [1.54, 1.807) is 6.07 Å². The van der Waals surface area contributed by atoms with Gasteiger partial charge in [-0.25, -0.2) is 4.39 Å². The highest BCUT2D eigenvalue weighted by Gasteiger charge is 2.43. The molecule has 1 aromatic rings.